The third kappa shape index (κ3) is 11.1. The summed E-state index contributed by atoms with van der Waals surface area (Å²) in [5, 5.41) is 12.0. The molecular weight excluding hydrogens is 336 g/mol. The Hall–Kier alpha value is -1.54. The lowest BCUT2D eigenvalue weighted by Gasteiger charge is -2.21. The first kappa shape index (κ1) is 22.5. The van der Waals surface area contributed by atoms with Crippen molar-refractivity contribution in [3.8, 4) is 0 Å². The van der Waals surface area contributed by atoms with Gasteiger partial charge < -0.3 is 30.7 Å². The Morgan fingerprint density at radius 3 is 1.35 bits per heavy atom. The minimum absolute atomic E-state index is 0.231. The highest BCUT2D eigenvalue weighted by atomic mass is 16.6. The van der Waals surface area contributed by atoms with E-state index >= 15 is 0 Å². The van der Waals surface area contributed by atoms with E-state index in [0.29, 0.717) is 0 Å². The second-order valence-corrected chi connectivity index (χ2v) is 8.67. The van der Waals surface area contributed by atoms with Gasteiger partial charge in [0.2, 0.25) is 0 Å². The fraction of sp³-hybridized carbons (Fsp3) is 0.889. The van der Waals surface area contributed by atoms with Crippen LogP contribution in [0.25, 0.3) is 0 Å². The van der Waals surface area contributed by atoms with Gasteiger partial charge in [0.05, 0.1) is 0 Å². The zero-order valence-corrected chi connectivity index (χ0v) is 17.0. The minimum atomic E-state index is -0.407. The summed E-state index contributed by atoms with van der Waals surface area (Å²) in [5.74, 6) is 0. The zero-order valence-electron chi connectivity index (χ0n) is 17.0. The van der Waals surface area contributed by atoms with E-state index in [2.05, 4.69) is 21.3 Å². The maximum atomic E-state index is 11.3. The van der Waals surface area contributed by atoms with E-state index in [1.54, 1.807) is 0 Å². The lowest BCUT2D eigenvalue weighted by molar-refractivity contribution is 0.0496. The van der Waals surface area contributed by atoms with Gasteiger partial charge >= 0.3 is 12.2 Å². The Morgan fingerprint density at radius 2 is 1.12 bits per heavy atom. The van der Waals surface area contributed by atoms with Crippen LogP contribution in [0.15, 0.2) is 0 Å². The molecule has 2 aliphatic heterocycles. The second-order valence-electron chi connectivity index (χ2n) is 8.67. The molecule has 2 fully saturated rings. The molecule has 0 aromatic rings. The average molecular weight is 373 g/mol. The summed E-state index contributed by atoms with van der Waals surface area (Å²) in [6.07, 6.45) is 1.33. The molecule has 2 rings (SSSR count). The number of carbonyl (C=O) groups is 2. The maximum absolute atomic E-state index is 11.3. The van der Waals surface area contributed by atoms with Crippen LogP contribution in [0.2, 0.25) is 0 Å². The van der Waals surface area contributed by atoms with Gasteiger partial charge in [-0.05, 0) is 67.5 Å². The number of carbonyl (C=O) groups excluding carboxylic acids is 2. The summed E-state index contributed by atoms with van der Waals surface area (Å²) in [6, 6.07) is 0.463. The van der Waals surface area contributed by atoms with Crippen LogP contribution >= 0.6 is 0 Å². The van der Waals surface area contributed by atoms with Crippen molar-refractivity contribution in [2.24, 2.45) is 0 Å². The van der Waals surface area contributed by atoms with Crippen LogP contribution in [0, 0.1) is 0 Å². The van der Waals surface area contributed by atoms with E-state index in [9.17, 15) is 9.59 Å². The second kappa shape index (κ2) is 9.97. The quantitative estimate of drug-likeness (QED) is 0.589. The topological polar surface area (TPSA) is 101 Å². The monoisotopic (exact) mass is 372 g/mol. The first-order valence-electron chi connectivity index (χ1n) is 9.35. The summed E-state index contributed by atoms with van der Waals surface area (Å²) >= 11 is 0. The maximum Gasteiger partial charge on any atom is 0.407 e. The first-order chi connectivity index (χ1) is 11.9. The van der Waals surface area contributed by atoms with E-state index in [1.165, 1.54) is 0 Å². The predicted molar refractivity (Wildman–Crippen MR) is 101 cm³/mol. The number of ether oxygens (including phenoxy) is 2. The molecule has 2 amide bonds. The molecule has 1 unspecified atom stereocenters. The molecule has 8 nitrogen and oxygen atoms in total. The minimum Gasteiger partial charge on any atom is -0.444 e. The Kier molecular flexibility index (Phi) is 8.62. The smallest absolute Gasteiger partial charge is 0.407 e. The molecule has 152 valence electrons. The van der Waals surface area contributed by atoms with Crippen molar-refractivity contribution in [3.63, 3.8) is 0 Å². The molecule has 0 radical (unpaired) electrons. The molecule has 0 spiro atoms. The highest BCUT2D eigenvalue weighted by molar-refractivity contribution is 5.68. The average Bonchev–Trinajstić information content (AvgIpc) is 3.08. The first-order valence-corrected chi connectivity index (χ1v) is 9.35. The molecular formula is C18H36N4O4. The highest BCUT2D eigenvalue weighted by Crippen LogP contribution is 2.08. The van der Waals surface area contributed by atoms with Crippen LogP contribution in [-0.4, -0.2) is 61.7 Å². The number of rotatable bonds is 2. The normalized spacial score (nSPS) is 22.8. The van der Waals surface area contributed by atoms with Crippen molar-refractivity contribution >= 4 is 12.2 Å². The van der Waals surface area contributed by atoms with E-state index in [-0.39, 0.29) is 24.3 Å². The third-order valence-electron chi connectivity index (χ3n) is 3.56. The van der Waals surface area contributed by atoms with Crippen LogP contribution in [0.5, 0.6) is 0 Å². The molecule has 2 atom stereocenters. The number of amides is 2. The molecule has 4 N–H and O–H groups in total. The SMILES string of the molecule is CC(C)(C)OC(=O)NC1CCNC1.CC(C)(C)OC(=O)N[C@@H]1CCNC1. The van der Waals surface area contributed by atoms with Crippen molar-refractivity contribution in [2.45, 2.75) is 77.7 Å². The van der Waals surface area contributed by atoms with Crippen molar-refractivity contribution in [3.05, 3.63) is 0 Å². The number of alkyl carbamates (subject to hydrolysis) is 2. The van der Waals surface area contributed by atoms with Crippen LogP contribution in [0.3, 0.4) is 0 Å². The number of hydrogen-bond acceptors (Lipinski definition) is 6. The third-order valence-corrected chi connectivity index (χ3v) is 3.56. The van der Waals surface area contributed by atoms with Gasteiger partial charge in [-0.1, -0.05) is 0 Å². The highest BCUT2D eigenvalue weighted by Gasteiger charge is 2.22. The largest absolute Gasteiger partial charge is 0.444 e. The van der Waals surface area contributed by atoms with E-state index in [1.807, 2.05) is 41.5 Å². The van der Waals surface area contributed by atoms with Crippen molar-refractivity contribution in [2.75, 3.05) is 26.2 Å². The van der Waals surface area contributed by atoms with Crippen LogP contribution in [-0.2, 0) is 9.47 Å². The van der Waals surface area contributed by atoms with Gasteiger partial charge in [-0.3, -0.25) is 0 Å². The van der Waals surface area contributed by atoms with Gasteiger partial charge in [-0.25, -0.2) is 9.59 Å². The van der Waals surface area contributed by atoms with Gasteiger partial charge in [0.1, 0.15) is 11.2 Å². The Morgan fingerprint density at radius 1 is 0.769 bits per heavy atom. The van der Waals surface area contributed by atoms with Gasteiger partial charge in [-0.15, -0.1) is 0 Å². The Labute approximate surface area is 157 Å². The summed E-state index contributed by atoms with van der Waals surface area (Å²) in [6.45, 7) is 14.8. The molecule has 26 heavy (non-hydrogen) atoms. The van der Waals surface area contributed by atoms with Gasteiger partial charge in [-0.2, -0.15) is 0 Å². The van der Waals surface area contributed by atoms with Gasteiger partial charge in [0.25, 0.3) is 0 Å². The summed E-state index contributed by atoms with van der Waals surface area (Å²) < 4.78 is 10.2. The molecule has 0 aromatic heterocycles. The molecule has 2 aliphatic rings. The van der Waals surface area contributed by atoms with E-state index in [4.69, 9.17) is 9.47 Å². The molecule has 2 saturated heterocycles. The summed E-state index contributed by atoms with van der Waals surface area (Å²) in [5.41, 5.74) is -0.813. The fourth-order valence-electron chi connectivity index (χ4n) is 2.50. The van der Waals surface area contributed by atoms with Crippen molar-refractivity contribution in [1.82, 2.24) is 21.3 Å². The lowest BCUT2D eigenvalue weighted by atomic mass is 10.2. The standard InChI is InChI=1S/2C9H18N2O2/c2*1-9(2,3)13-8(12)11-7-4-5-10-6-7/h2*7,10H,4-6H2,1-3H3,(H,11,12)/t7-;/m1./s1. The van der Waals surface area contributed by atoms with E-state index < -0.39 is 11.2 Å². The molecule has 8 heteroatoms. The number of nitrogens with one attached hydrogen (secondary N) is 4. The van der Waals surface area contributed by atoms with Gasteiger partial charge in [0.15, 0.2) is 0 Å². The predicted octanol–water partition coefficient (Wildman–Crippen LogP) is 1.75. The molecule has 0 aromatic carbocycles. The molecule has 0 bridgehead atoms. The molecule has 2 heterocycles. The van der Waals surface area contributed by atoms with E-state index in [0.717, 1.165) is 39.0 Å². The lowest BCUT2D eigenvalue weighted by Crippen LogP contribution is -2.40. The van der Waals surface area contributed by atoms with Gasteiger partial charge in [0, 0.05) is 25.2 Å². The fourth-order valence-corrected chi connectivity index (χ4v) is 2.50. The van der Waals surface area contributed by atoms with Crippen LogP contribution in [0.4, 0.5) is 9.59 Å². The Balaban J connectivity index is 0.000000260. The Bertz CT molecular complexity index is 403. The van der Waals surface area contributed by atoms with Crippen molar-refractivity contribution in [1.29, 1.82) is 0 Å². The molecule has 0 aliphatic carbocycles. The summed E-state index contributed by atoms with van der Waals surface area (Å²) in [7, 11) is 0. The van der Waals surface area contributed by atoms with Crippen molar-refractivity contribution < 1.29 is 19.1 Å². The molecule has 0 saturated carbocycles. The number of hydrogen-bond donors (Lipinski definition) is 4. The van der Waals surface area contributed by atoms with Crippen LogP contribution in [0.1, 0.15) is 54.4 Å². The zero-order chi connectivity index (χ0) is 19.8. The summed E-state index contributed by atoms with van der Waals surface area (Å²) in [4.78, 5) is 22.5. The van der Waals surface area contributed by atoms with Crippen LogP contribution < -0.4 is 21.3 Å².